The van der Waals surface area contributed by atoms with Crippen LogP contribution in [0.15, 0.2) is 18.5 Å². The molecule has 3 fully saturated rings. The summed E-state index contributed by atoms with van der Waals surface area (Å²) in [6.07, 6.45) is 7.81. The average molecular weight is 330 g/mol. The number of aromatic nitrogens is 2. The molecule has 3 aliphatic rings. The van der Waals surface area contributed by atoms with E-state index in [0.717, 1.165) is 57.3 Å². The number of hydrogen-bond donors (Lipinski definition) is 1. The Kier molecular flexibility index (Phi) is 4.96. The zero-order valence-electron chi connectivity index (χ0n) is 14.8. The van der Waals surface area contributed by atoms with Gasteiger partial charge in [-0.15, -0.1) is 0 Å². The van der Waals surface area contributed by atoms with Crippen LogP contribution in [-0.2, 0) is 0 Å². The molecule has 4 rings (SSSR count). The number of hydrogen-bond acceptors (Lipinski definition) is 6. The molecule has 2 atom stereocenters. The van der Waals surface area contributed by atoms with Crippen LogP contribution in [-0.4, -0.2) is 83.7 Å². The van der Waals surface area contributed by atoms with E-state index >= 15 is 0 Å². The first kappa shape index (κ1) is 16.2. The maximum Gasteiger partial charge on any atom is 0.225 e. The molecule has 0 spiro atoms. The van der Waals surface area contributed by atoms with Crippen molar-refractivity contribution in [3.05, 3.63) is 18.5 Å². The summed E-state index contributed by atoms with van der Waals surface area (Å²) in [7, 11) is 0. The maximum atomic E-state index is 4.35. The monoisotopic (exact) mass is 330 g/mol. The van der Waals surface area contributed by atoms with Crippen LogP contribution in [0.4, 0.5) is 5.95 Å². The van der Waals surface area contributed by atoms with E-state index in [9.17, 15) is 0 Å². The number of anilines is 1. The van der Waals surface area contributed by atoms with Crippen molar-refractivity contribution in [3.8, 4) is 0 Å². The van der Waals surface area contributed by atoms with Gasteiger partial charge in [0, 0.05) is 76.3 Å². The molecule has 24 heavy (non-hydrogen) atoms. The zero-order chi connectivity index (χ0) is 16.4. The quantitative estimate of drug-likeness (QED) is 0.833. The van der Waals surface area contributed by atoms with Gasteiger partial charge in [-0.2, -0.15) is 0 Å². The van der Waals surface area contributed by atoms with Gasteiger partial charge in [-0.05, 0) is 32.3 Å². The fraction of sp³-hybridized carbons (Fsp3) is 0.778. The molecular formula is C18H30N6. The van der Waals surface area contributed by atoms with E-state index in [0.29, 0.717) is 6.04 Å². The van der Waals surface area contributed by atoms with E-state index in [1.807, 2.05) is 18.5 Å². The molecule has 1 aliphatic carbocycles. The van der Waals surface area contributed by atoms with E-state index in [4.69, 9.17) is 0 Å². The van der Waals surface area contributed by atoms with Crippen molar-refractivity contribution >= 4 is 5.95 Å². The van der Waals surface area contributed by atoms with Crippen LogP contribution in [0.5, 0.6) is 0 Å². The summed E-state index contributed by atoms with van der Waals surface area (Å²) < 4.78 is 0. The minimum absolute atomic E-state index is 0.694. The lowest BCUT2D eigenvalue weighted by molar-refractivity contribution is 0.245. The molecular weight excluding hydrogens is 300 g/mol. The van der Waals surface area contributed by atoms with E-state index in [-0.39, 0.29) is 0 Å². The third kappa shape index (κ3) is 3.87. The van der Waals surface area contributed by atoms with Crippen LogP contribution in [0.25, 0.3) is 0 Å². The summed E-state index contributed by atoms with van der Waals surface area (Å²) in [6.45, 7) is 10.2. The molecule has 0 amide bonds. The highest BCUT2D eigenvalue weighted by molar-refractivity contribution is 5.29. The first-order valence-corrected chi connectivity index (χ1v) is 9.53. The highest BCUT2D eigenvalue weighted by Crippen LogP contribution is 2.33. The molecule has 1 aromatic rings. The standard InChI is InChI=1S/C18H30N6/c1-15-13-16(14-24(15)17-3-4-17)19-7-8-22-9-11-23(12-10-22)18-20-5-2-6-21-18/h2,5-6,15-17,19H,3-4,7-14H2,1H3/t15-,16-/m1/s1. The van der Waals surface area contributed by atoms with Crippen molar-refractivity contribution < 1.29 is 0 Å². The normalized spacial score (nSPS) is 29.3. The molecule has 2 saturated heterocycles. The SMILES string of the molecule is C[C@@H]1C[C@@H](NCCN2CCN(c3ncccn3)CC2)CN1C1CC1. The molecule has 6 nitrogen and oxygen atoms in total. The molecule has 2 aliphatic heterocycles. The average Bonchev–Trinajstić information content (AvgIpc) is 3.40. The van der Waals surface area contributed by atoms with Crippen LogP contribution < -0.4 is 10.2 Å². The Morgan fingerprint density at radius 3 is 2.58 bits per heavy atom. The second kappa shape index (κ2) is 7.33. The van der Waals surface area contributed by atoms with Crippen molar-refractivity contribution in [1.82, 2.24) is 25.1 Å². The Bertz CT molecular complexity index is 512. The molecule has 0 aromatic carbocycles. The molecule has 1 N–H and O–H groups in total. The third-order valence-electron chi connectivity index (χ3n) is 5.71. The molecule has 0 bridgehead atoms. The summed E-state index contributed by atoms with van der Waals surface area (Å²) in [6, 6.07) is 4.24. The molecule has 132 valence electrons. The number of piperazine rings is 1. The number of nitrogens with one attached hydrogen (secondary N) is 1. The van der Waals surface area contributed by atoms with Crippen LogP contribution in [0, 0.1) is 0 Å². The van der Waals surface area contributed by atoms with Gasteiger partial charge in [0.1, 0.15) is 0 Å². The minimum Gasteiger partial charge on any atom is -0.338 e. The Hall–Kier alpha value is -1.24. The Morgan fingerprint density at radius 2 is 1.88 bits per heavy atom. The minimum atomic E-state index is 0.694. The molecule has 1 aromatic heterocycles. The molecule has 0 unspecified atom stereocenters. The van der Waals surface area contributed by atoms with Gasteiger partial charge in [-0.1, -0.05) is 0 Å². The van der Waals surface area contributed by atoms with Gasteiger partial charge in [0.05, 0.1) is 0 Å². The largest absolute Gasteiger partial charge is 0.338 e. The summed E-state index contributed by atoms with van der Waals surface area (Å²) in [5.41, 5.74) is 0. The lowest BCUT2D eigenvalue weighted by Gasteiger charge is -2.34. The van der Waals surface area contributed by atoms with Gasteiger partial charge in [0.25, 0.3) is 0 Å². The smallest absolute Gasteiger partial charge is 0.225 e. The van der Waals surface area contributed by atoms with Gasteiger partial charge in [0.15, 0.2) is 0 Å². The summed E-state index contributed by atoms with van der Waals surface area (Å²) >= 11 is 0. The summed E-state index contributed by atoms with van der Waals surface area (Å²) in [5, 5.41) is 3.79. The van der Waals surface area contributed by atoms with E-state index in [1.54, 1.807) is 0 Å². The van der Waals surface area contributed by atoms with Crippen molar-refractivity contribution in [1.29, 1.82) is 0 Å². The van der Waals surface area contributed by atoms with Crippen LogP contribution in [0.1, 0.15) is 26.2 Å². The fourth-order valence-corrected chi connectivity index (χ4v) is 4.17. The lowest BCUT2D eigenvalue weighted by atomic mass is 10.2. The van der Waals surface area contributed by atoms with Crippen molar-refractivity contribution in [2.75, 3.05) is 50.7 Å². The van der Waals surface area contributed by atoms with E-state index < -0.39 is 0 Å². The fourth-order valence-electron chi connectivity index (χ4n) is 4.17. The topological polar surface area (TPSA) is 47.5 Å². The van der Waals surface area contributed by atoms with E-state index in [1.165, 1.54) is 25.8 Å². The first-order chi connectivity index (χ1) is 11.8. The Morgan fingerprint density at radius 1 is 1.12 bits per heavy atom. The van der Waals surface area contributed by atoms with Gasteiger partial charge in [-0.3, -0.25) is 9.80 Å². The van der Waals surface area contributed by atoms with E-state index in [2.05, 4.69) is 36.9 Å². The second-order valence-corrected chi connectivity index (χ2v) is 7.54. The van der Waals surface area contributed by atoms with Crippen LogP contribution in [0.2, 0.25) is 0 Å². The maximum absolute atomic E-state index is 4.35. The predicted molar refractivity (Wildman–Crippen MR) is 96.3 cm³/mol. The van der Waals surface area contributed by atoms with Crippen molar-refractivity contribution in [2.45, 2.75) is 44.3 Å². The third-order valence-corrected chi connectivity index (χ3v) is 5.71. The predicted octanol–water partition coefficient (Wildman–Crippen LogP) is 0.813. The van der Waals surface area contributed by atoms with Crippen molar-refractivity contribution in [2.24, 2.45) is 0 Å². The number of likely N-dealkylation sites (tertiary alicyclic amines) is 1. The molecule has 3 heterocycles. The number of nitrogens with zero attached hydrogens (tertiary/aromatic N) is 5. The Labute approximate surface area is 145 Å². The highest BCUT2D eigenvalue weighted by Gasteiger charge is 2.38. The first-order valence-electron chi connectivity index (χ1n) is 9.53. The Balaban J connectivity index is 1.15. The zero-order valence-corrected chi connectivity index (χ0v) is 14.8. The van der Waals surface area contributed by atoms with Crippen LogP contribution >= 0.6 is 0 Å². The van der Waals surface area contributed by atoms with Gasteiger partial charge in [0.2, 0.25) is 5.95 Å². The van der Waals surface area contributed by atoms with Crippen molar-refractivity contribution in [3.63, 3.8) is 0 Å². The molecule has 0 radical (unpaired) electrons. The molecule has 1 saturated carbocycles. The summed E-state index contributed by atoms with van der Waals surface area (Å²) in [5.74, 6) is 0.871. The van der Waals surface area contributed by atoms with Gasteiger partial charge >= 0.3 is 0 Å². The summed E-state index contributed by atoms with van der Waals surface area (Å²) in [4.78, 5) is 16.3. The lowest BCUT2D eigenvalue weighted by Crippen LogP contribution is -2.49. The highest BCUT2D eigenvalue weighted by atomic mass is 15.3. The second-order valence-electron chi connectivity index (χ2n) is 7.54. The van der Waals surface area contributed by atoms with Gasteiger partial charge < -0.3 is 10.2 Å². The van der Waals surface area contributed by atoms with Gasteiger partial charge in [-0.25, -0.2) is 9.97 Å². The molecule has 6 heteroatoms. The van der Waals surface area contributed by atoms with Crippen LogP contribution in [0.3, 0.4) is 0 Å². The number of rotatable bonds is 6.